The summed E-state index contributed by atoms with van der Waals surface area (Å²) in [5.74, 6) is 0.285. The number of imidazole rings is 1. The van der Waals surface area contributed by atoms with Crippen LogP contribution >= 0.6 is 11.8 Å². The first-order valence-corrected chi connectivity index (χ1v) is 8.44. The van der Waals surface area contributed by atoms with Crippen molar-refractivity contribution in [3.8, 4) is 0 Å². The van der Waals surface area contributed by atoms with Gasteiger partial charge in [-0.3, -0.25) is 9.20 Å². The second-order valence-corrected chi connectivity index (χ2v) is 6.94. The van der Waals surface area contributed by atoms with Gasteiger partial charge in [-0.1, -0.05) is 17.8 Å². The van der Waals surface area contributed by atoms with E-state index < -0.39 is 0 Å². The summed E-state index contributed by atoms with van der Waals surface area (Å²) >= 11 is 1.42. The number of piperidine rings is 1. The molecule has 1 amide bonds. The van der Waals surface area contributed by atoms with Crippen LogP contribution in [0.25, 0.3) is 11.7 Å². The molecule has 5 nitrogen and oxygen atoms in total. The third kappa shape index (κ3) is 2.32. The van der Waals surface area contributed by atoms with Gasteiger partial charge in [0.25, 0.3) is 5.91 Å². The van der Waals surface area contributed by atoms with Gasteiger partial charge < -0.3 is 11.1 Å². The number of nitrogens with two attached hydrogens (primary N) is 1. The Morgan fingerprint density at radius 2 is 2.23 bits per heavy atom. The minimum Gasteiger partial charge on any atom is -0.365 e. The lowest BCUT2D eigenvalue weighted by Crippen LogP contribution is -2.28. The van der Waals surface area contributed by atoms with E-state index in [0.29, 0.717) is 10.8 Å². The molecule has 114 valence electrons. The first kappa shape index (κ1) is 13.8. The molecule has 1 fully saturated rings. The number of nitrogens with one attached hydrogen (secondary N) is 1. The van der Waals surface area contributed by atoms with Crippen LogP contribution in [0, 0.1) is 5.92 Å². The van der Waals surface area contributed by atoms with Crippen LogP contribution in [0.4, 0.5) is 0 Å². The molecule has 22 heavy (non-hydrogen) atoms. The number of thioether (sulfide) groups is 1. The lowest BCUT2D eigenvalue weighted by molar-refractivity contribution is -0.113. The van der Waals surface area contributed by atoms with Crippen molar-refractivity contribution < 1.29 is 4.79 Å². The van der Waals surface area contributed by atoms with Crippen molar-refractivity contribution in [3.05, 3.63) is 34.5 Å². The normalized spacial score (nSPS) is 18.5. The number of primary amides is 1. The SMILES string of the molecule is NC(=O)C1=Cc2c(CC3CCNCC3)nc3cccc(n23)S1. The van der Waals surface area contributed by atoms with Crippen LogP contribution in [0.2, 0.25) is 0 Å². The van der Waals surface area contributed by atoms with E-state index in [1.165, 1.54) is 24.6 Å². The third-order valence-electron chi connectivity index (χ3n) is 4.39. The highest BCUT2D eigenvalue weighted by Gasteiger charge is 2.24. The molecule has 3 N–H and O–H groups in total. The fourth-order valence-electron chi connectivity index (χ4n) is 3.26. The monoisotopic (exact) mass is 314 g/mol. The van der Waals surface area contributed by atoms with Crippen LogP contribution in [0.1, 0.15) is 24.2 Å². The highest BCUT2D eigenvalue weighted by Crippen LogP contribution is 2.36. The lowest BCUT2D eigenvalue weighted by Gasteiger charge is -2.22. The maximum Gasteiger partial charge on any atom is 0.255 e. The van der Waals surface area contributed by atoms with Gasteiger partial charge in [0.1, 0.15) is 5.65 Å². The number of hydrogen-bond donors (Lipinski definition) is 2. The second kappa shape index (κ2) is 5.44. The van der Waals surface area contributed by atoms with Gasteiger partial charge in [-0.25, -0.2) is 4.98 Å². The topological polar surface area (TPSA) is 72.4 Å². The zero-order chi connectivity index (χ0) is 15.1. The van der Waals surface area contributed by atoms with Gasteiger partial charge in [-0.15, -0.1) is 0 Å². The van der Waals surface area contributed by atoms with Gasteiger partial charge in [0, 0.05) is 0 Å². The van der Waals surface area contributed by atoms with Gasteiger partial charge in [0.2, 0.25) is 0 Å². The standard InChI is InChI=1S/C16H18N4OS/c17-16(21)13-9-12-11(8-10-4-6-18-7-5-10)19-14-2-1-3-15(22-13)20(12)14/h1-3,9-10,18H,4-8H2,(H2,17,21). The zero-order valence-corrected chi connectivity index (χ0v) is 13.0. The fraction of sp³-hybridized carbons (Fsp3) is 0.375. The van der Waals surface area contributed by atoms with Gasteiger partial charge >= 0.3 is 0 Å². The van der Waals surface area contributed by atoms with Gasteiger partial charge in [0.15, 0.2) is 0 Å². The van der Waals surface area contributed by atoms with Crippen LogP contribution in [0.5, 0.6) is 0 Å². The number of hydrogen-bond acceptors (Lipinski definition) is 4. The summed E-state index contributed by atoms with van der Waals surface area (Å²) in [5, 5.41) is 4.40. The van der Waals surface area contributed by atoms with Crippen molar-refractivity contribution >= 4 is 29.4 Å². The van der Waals surface area contributed by atoms with Crippen LogP contribution in [0.15, 0.2) is 28.1 Å². The molecule has 0 spiro atoms. The number of aromatic nitrogens is 2. The van der Waals surface area contributed by atoms with E-state index in [4.69, 9.17) is 10.7 Å². The average Bonchev–Trinajstić information content (AvgIpc) is 2.88. The van der Waals surface area contributed by atoms with Crippen molar-refractivity contribution in [3.63, 3.8) is 0 Å². The molecule has 2 aromatic heterocycles. The molecule has 0 radical (unpaired) electrons. The van der Waals surface area contributed by atoms with Crippen molar-refractivity contribution in [2.75, 3.05) is 13.1 Å². The maximum absolute atomic E-state index is 11.6. The van der Waals surface area contributed by atoms with E-state index in [0.717, 1.165) is 41.6 Å². The Balaban J connectivity index is 1.78. The Hall–Kier alpha value is -1.79. The van der Waals surface area contributed by atoms with Gasteiger partial charge in [0.05, 0.1) is 21.3 Å². The Morgan fingerprint density at radius 1 is 1.41 bits per heavy atom. The van der Waals surface area contributed by atoms with Crippen LogP contribution in [-0.4, -0.2) is 28.4 Å². The summed E-state index contributed by atoms with van der Waals surface area (Å²) in [6, 6.07) is 6.00. The molecule has 0 unspecified atom stereocenters. The summed E-state index contributed by atoms with van der Waals surface area (Å²) in [4.78, 5) is 17.0. The average molecular weight is 314 g/mol. The number of pyridine rings is 1. The molecule has 0 atom stereocenters. The molecule has 1 saturated heterocycles. The smallest absolute Gasteiger partial charge is 0.255 e. The Kier molecular flexibility index (Phi) is 3.43. The fourth-order valence-corrected chi connectivity index (χ4v) is 4.18. The van der Waals surface area contributed by atoms with Crippen molar-refractivity contribution in [1.29, 1.82) is 0 Å². The molecule has 4 heterocycles. The molecule has 2 aromatic rings. The second-order valence-electron chi connectivity index (χ2n) is 5.87. The van der Waals surface area contributed by atoms with Crippen LogP contribution in [-0.2, 0) is 11.2 Å². The van der Waals surface area contributed by atoms with E-state index >= 15 is 0 Å². The zero-order valence-electron chi connectivity index (χ0n) is 12.2. The Morgan fingerprint density at radius 3 is 3.00 bits per heavy atom. The first-order chi connectivity index (χ1) is 10.7. The number of carbonyl (C=O) groups is 1. The number of carbonyl (C=O) groups excluding carboxylic acids is 1. The largest absolute Gasteiger partial charge is 0.365 e. The highest BCUT2D eigenvalue weighted by atomic mass is 32.2. The van der Waals surface area contributed by atoms with Gasteiger partial charge in [-0.05, 0) is 56.5 Å². The summed E-state index contributed by atoms with van der Waals surface area (Å²) in [6.45, 7) is 2.16. The lowest BCUT2D eigenvalue weighted by atomic mass is 9.92. The summed E-state index contributed by atoms with van der Waals surface area (Å²) in [5.41, 5.74) is 8.54. The van der Waals surface area contributed by atoms with Crippen LogP contribution < -0.4 is 11.1 Å². The van der Waals surface area contributed by atoms with E-state index in [-0.39, 0.29) is 5.91 Å². The van der Waals surface area contributed by atoms with Gasteiger partial charge in [-0.2, -0.15) is 0 Å². The van der Waals surface area contributed by atoms with Crippen molar-refractivity contribution in [2.45, 2.75) is 24.3 Å². The Labute approximate surface area is 133 Å². The van der Waals surface area contributed by atoms with Crippen molar-refractivity contribution in [1.82, 2.24) is 14.7 Å². The molecular formula is C16H18N4OS. The molecule has 2 aliphatic heterocycles. The minimum atomic E-state index is -0.373. The molecule has 6 heteroatoms. The molecule has 0 aliphatic carbocycles. The predicted molar refractivity (Wildman–Crippen MR) is 87.5 cm³/mol. The van der Waals surface area contributed by atoms with E-state index in [1.54, 1.807) is 0 Å². The van der Waals surface area contributed by atoms with E-state index in [9.17, 15) is 4.79 Å². The van der Waals surface area contributed by atoms with Crippen LogP contribution in [0.3, 0.4) is 0 Å². The molecule has 4 rings (SSSR count). The third-order valence-corrected chi connectivity index (χ3v) is 5.45. The number of amides is 1. The Bertz CT molecular complexity index is 774. The number of rotatable bonds is 3. The van der Waals surface area contributed by atoms with E-state index in [1.807, 2.05) is 24.3 Å². The first-order valence-electron chi connectivity index (χ1n) is 7.63. The summed E-state index contributed by atoms with van der Waals surface area (Å²) < 4.78 is 2.13. The van der Waals surface area contributed by atoms with E-state index in [2.05, 4.69) is 9.72 Å². The van der Waals surface area contributed by atoms with Crippen molar-refractivity contribution in [2.24, 2.45) is 11.7 Å². The summed E-state index contributed by atoms with van der Waals surface area (Å²) in [7, 11) is 0. The molecular weight excluding hydrogens is 296 g/mol. The molecule has 0 bridgehead atoms. The maximum atomic E-state index is 11.6. The molecule has 2 aliphatic rings. The molecule has 0 aromatic carbocycles. The molecule has 0 saturated carbocycles. The summed E-state index contributed by atoms with van der Waals surface area (Å²) in [6.07, 6.45) is 5.23. The number of nitrogens with zero attached hydrogens (tertiary/aromatic N) is 2. The highest BCUT2D eigenvalue weighted by molar-refractivity contribution is 8.04. The minimum absolute atomic E-state index is 0.373. The predicted octanol–water partition coefficient (Wildman–Crippen LogP) is 1.81. The quantitative estimate of drug-likeness (QED) is 0.906.